The molecule has 0 bridgehead atoms. The summed E-state index contributed by atoms with van der Waals surface area (Å²) < 4.78 is 5.26. The molecule has 0 aromatic heterocycles. The van der Waals surface area contributed by atoms with Crippen LogP contribution >= 0.6 is 0 Å². The maximum Gasteiger partial charge on any atom is 0.307 e. The summed E-state index contributed by atoms with van der Waals surface area (Å²) in [7, 11) is 0. The van der Waals surface area contributed by atoms with E-state index in [1.54, 1.807) is 18.2 Å². The van der Waals surface area contributed by atoms with Gasteiger partial charge in [0.25, 0.3) is 0 Å². The minimum atomic E-state index is -0.848. The van der Waals surface area contributed by atoms with Gasteiger partial charge in [-0.25, -0.2) is 0 Å². The van der Waals surface area contributed by atoms with Crippen LogP contribution in [0.4, 0.5) is 5.69 Å². The number of benzene rings is 1. The molecule has 1 aromatic rings. The fourth-order valence-corrected chi connectivity index (χ4v) is 4.12. The number of aliphatic hydroxyl groups excluding tert-OH is 2. The molecule has 7 heteroatoms. The van der Waals surface area contributed by atoms with Crippen LogP contribution < -0.4 is 5.32 Å². The predicted molar refractivity (Wildman–Crippen MR) is 111 cm³/mol. The Kier molecular flexibility index (Phi) is 7.41. The first-order valence-electron chi connectivity index (χ1n) is 10.2. The minimum absolute atomic E-state index is 0.00764. The van der Waals surface area contributed by atoms with Gasteiger partial charge in [0.1, 0.15) is 5.84 Å². The second kappa shape index (κ2) is 10.0. The molecule has 1 aliphatic carbocycles. The maximum atomic E-state index is 10.8. The van der Waals surface area contributed by atoms with Gasteiger partial charge >= 0.3 is 5.97 Å². The van der Waals surface area contributed by atoms with E-state index in [1.165, 1.54) is 0 Å². The molecule has 0 amide bonds. The van der Waals surface area contributed by atoms with E-state index in [0.29, 0.717) is 26.1 Å². The zero-order valence-corrected chi connectivity index (χ0v) is 16.7. The monoisotopic (exact) mass is 402 g/mol. The van der Waals surface area contributed by atoms with Crippen LogP contribution in [0.3, 0.4) is 0 Å². The van der Waals surface area contributed by atoms with Gasteiger partial charge in [-0.3, -0.25) is 9.79 Å². The fourth-order valence-electron chi connectivity index (χ4n) is 4.12. The predicted octanol–water partition coefficient (Wildman–Crippen LogP) is 2.24. The lowest BCUT2D eigenvalue weighted by molar-refractivity contribution is -0.136. The Hall–Kier alpha value is -2.22. The number of carboxylic acids is 1. The van der Waals surface area contributed by atoms with Gasteiger partial charge in [-0.1, -0.05) is 24.3 Å². The largest absolute Gasteiger partial charge is 0.481 e. The Labute approximate surface area is 171 Å². The van der Waals surface area contributed by atoms with Crippen molar-refractivity contribution in [1.29, 1.82) is 0 Å². The van der Waals surface area contributed by atoms with Crippen molar-refractivity contribution in [2.75, 3.05) is 18.5 Å². The molecule has 1 fully saturated rings. The minimum Gasteiger partial charge on any atom is -0.481 e. The number of nitrogens with zero attached hydrogens (tertiary/aromatic N) is 1. The summed E-state index contributed by atoms with van der Waals surface area (Å²) in [5.41, 5.74) is 1.63. The topological polar surface area (TPSA) is 111 Å². The quantitative estimate of drug-likeness (QED) is 0.372. The Balaban J connectivity index is 1.55. The Bertz CT molecular complexity index is 746. The zero-order valence-electron chi connectivity index (χ0n) is 16.7. The van der Waals surface area contributed by atoms with Gasteiger partial charge in [0.2, 0.25) is 0 Å². The first kappa shape index (κ1) is 21.5. The number of rotatable bonds is 9. The first-order chi connectivity index (χ1) is 14.0. The molecule has 5 unspecified atom stereocenters. The third-order valence-corrected chi connectivity index (χ3v) is 5.58. The molecule has 29 heavy (non-hydrogen) atoms. The number of hydrogen-bond donors (Lipinski definition) is 4. The number of aliphatic hydroxyl groups is 2. The van der Waals surface area contributed by atoms with Gasteiger partial charge in [-0.15, -0.1) is 0 Å². The van der Waals surface area contributed by atoms with E-state index in [9.17, 15) is 15.0 Å². The normalized spacial score (nSPS) is 27.1. The van der Waals surface area contributed by atoms with Crippen molar-refractivity contribution in [3.63, 3.8) is 0 Å². The summed E-state index contributed by atoms with van der Waals surface area (Å²) in [5.74, 6) is 0.226. The van der Waals surface area contributed by atoms with Gasteiger partial charge in [0.05, 0.1) is 24.7 Å². The number of nitrogens with one attached hydrogen (secondary N) is 1. The summed E-state index contributed by atoms with van der Waals surface area (Å²) in [4.78, 5) is 15.5. The molecule has 0 spiro atoms. The standard InChI is InChI=1S/C22H30N2O5/c1-2-29-10-9-16(25)7-8-17-18-12-21(24-19(18)13-20(17)26)23-15-5-3-14(4-6-15)11-22(27)28/h3-8,16-20,25-26H,2,9-13H2,1H3,(H,23,24)(H,27,28). The van der Waals surface area contributed by atoms with Crippen LogP contribution in [0.25, 0.3) is 0 Å². The average molecular weight is 402 g/mol. The molecular weight excluding hydrogens is 372 g/mol. The third-order valence-electron chi connectivity index (χ3n) is 5.58. The van der Waals surface area contributed by atoms with Crippen molar-refractivity contribution in [1.82, 2.24) is 0 Å². The fraction of sp³-hybridized carbons (Fsp3) is 0.545. The van der Waals surface area contributed by atoms with E-state index in [4.69, 9.17) is 14.8 Å². The Morgan fingerprint density at radius 3 is 2.83 bits per heavy atom. The van der Waals surface area contributed by atoms with E-state index in [1.807, 2.05) is 25.1 Å². The van der Waals surface area contributed by atoms with E-state index in [-0.39, 0.29) is 24.3 Å². The molecule has 1 aromatic carbocycles. The lowest BCUT2D eigenvalue weighted by atomic mass is 9.90. The second-order valence-corrected chi connectivity index (χ2v) is 7.72. The molecule has 3 rings (SSSR count). The highest BCUT2D eigenvalue weighted by Crippen LogP contribution is 2.41. The van der Waals surface area contributed by atoms with Crippen LogP contribution in [-0.4, -0.2) is 58.6 Å². The summed E-state index contributed by atoms with van der Waals surface area (Å²) in [6.45, 7) is 3.08. The van der Waals surface area contributed by atoms with Crippen LogP contribution in [0.1, 0.15) is 31.7 Å². The van der Waals surface area contributed by atoms with Gasteiger partial charge in [-0.2, -0.15) is 0 Å². The second-order valence-electron chi connectivity index (χ2n) is 7.72. The summed E-state index contributed by atoms with van der Waals surface area (Å²) in [6, 6.07) is 7.39. The summed E-state index contributed by atoms with van der Waals surface area (Å²) in [6.07, 6.45) is 4.60. The average Bonchev–Trinajstić information content (AvgIpc) is 3.17. The third kappa shape index (κ3) is 5.88. The van der Waals surface area contributed by atoms with Gasteiger partial charge in [0, 0.05) is 37.7 Å². The van der Waals surface area contributed by atoms with Crippen molar-refractivity contribution in [2.24, 2.45) is 16.8 Å². The maximum absolute atomic E-state index is 10.8. The number of carbonyl (C=O) groups is 1. The van der Waals surface area contributed by atoms with E-state index >= 15 is 0 Å². The van der Waals surface area contributed by atoms with Crippen LogP contribution in [0.5, 0.6) is 0 Å². The SMILES string of the molecule is CCOCCC(O)C=CC1C(O)CC2N=C(Nc3ccc(CC(=O)O)cc3)CC21. The molecule has 158 valence electrons. The van der Waals surface area contributed by atoms with Crippen LogP contribution in [-0.2, 0) is 16.0 Å². The molecule has 2 aliphatic rings. The number of aliphatic imine (C=N–C) groups is 1. The molecule has 1 heterocycles. The van der Waals surface area contributed by atoms with Crippen molar-refractivity contribution >= 4 is 17.5 Å². The van der Waals surface area contributed by atoms with Crippen LogP contribution in [0.15, 0.2) is 41.4 Å². The van der Waals surface area contributed by atoms with E-state index in [0.717, 1.165) is 23.5 Å². The number of hydrogen-bond acceptors (Lipinski definition) is 6. The Morgan fingerprint density at radius 2 is 2.14 bits per heavy atom. The lowest BCUT2D eigenvalue weighted by Crippen LogP contribution is -2.21. The molecule has 0 saturated heterocycles. The zero-order chi connectivity index (χ0) is 20.8. The van der Waals surface area contributed by atoms with E-state index < -0.39 is 18.2 Å². The summed E-state index contributed by atoms with van der Waals surface area (Å²) >= 11 is 0. The highest BCUT2D eigenvalue weighted by Gasteiger charge is 2.44. The molecule has 4 N–H and O–H groups in total. The van der Waals surface area contributed by atoms with Crippen molar-refractivity contribution < 1.29 is 24.9 Å². The molecular formula is C22H30N2O5. The number of amidine groups is 1. The van der Waals surface area contributed by atoms with E-state index in [2.05, 4.69) is 5.32 Å². The van der Waals surface area contributed by atoms with Gasteiger partial charge in [-0.05, 0) is 37.0 Å². The van der Waals surface area contributed by atoms with Crippen molar-refractivity contribution in [3.8, 4) is 0 Å². The first-order valence-corrected chi connectivity index (χ1v) is 10.2. The van der Waals surface area contributed by atoms with Gasteiger partial charge in [0.15, 0.2) is 0 Å². The van der Waals surface area contributed by atoms with Crippen LogP contribution in [0.2, 0.25) is 0 Å². The number of anilines is 1. The lowest BCUT2D eigenvalue weighted by Gasteiger charge is -2.18. The molecule has 5 atom stereocenters. The van der Waals surface area contributed by atoms with Crippen molar-refractivity contribution in [2.45, 2.75) is 50.9 Å². The van der Waals surface area contributed by atoms with Crippen LogP contribution in [0, 0.1) is 11.8 Å². The van der Waals surface area contributed by atoms with Crippen molar-refractivity contribution in [3.05, 3.63) is 42.0 Å². The number of fused-ring (bicyclic) bond motifs is 1. The molecule has 7 nitrogen and oxygen atoms in total. The van der Waals surface area contributed by atoms with Gasteiger partial charge < -0.3 is 25.4 Å². The number of carboxylic acid groups (broad SMARTS) is 1. The molecule has 1 aliphatic heterocycles. The highest BCUT2D eigenvalue weighted by molar-refractivity contribution is 5.97. The molecule has 1 saturated carbocycles. The number of ether oxygens (including phenoxy) is 1. The Morgan fingerprint density at radius 1 is 1.38 bits per heavy atom. The number of aliphatic carboxylic acids is 1. The smallest absolute Gasteiger partial charge is 0.307 e. The highest BCUT2D eigenvalue weighted by atomic mass is 16.5. The summed E-state index contributed by atoms with van der Waals surface area (Å²) in [5, 5.41) is 32.6. The molecule has 0 radical (unpaired) electrons.